The molecule has 2 heteroatoms. The van der Waals surface area contributed by atoms with E-state index in [1.165, 1.54) is 71.1 Å². The summed E-state index contributed by atoms with van der Waals surface area (Å²) in [4.78, 5) is 2.65. The highest BCUT2D eigenvalue weighted by molar-refractivity contribution is 4.93. The predicted molar refractivity (Wildman–Crippen MR) is 72.1 cm³/mol. The molecule has 3 atom stereocenters. The Morgan fingerprint density at radius 1 is 1.18 bits per heavy atom. The van der Waals surface area contributed by atoms with Crippen molar-refractivity contribution in [3.8, 4) is 0 Å². The van der Waals surface area contributed by atoms with E-state index in [0.717, 1.165) is 12.0 Å². The molecular weight excluding hydrogens is 208 g/mol. The molecule has 98 valence electrons. The lowest BCUT2D eigenvalue weighted by Gasteiger charge is -2.35. The Hall–Kier alpha value is -0.0800. The summed E-state index contributed by atoms with van der Waals surface area (Å²) in [5.41, 5.74) is 0.662. The third-order valence-electron chi connectivity index (χ3n) is 5.79. The first-order valence-electron chi connectivity index (χ1n) is 7.77. The molecule has 2 aliphatic heterocycles. The van der Waals surface area contributed by atoms with Crippen LogP contribution in [0, 0.1) is 11.3 Å². The summed E-state index contributed by atoms with van der Waals surface area (Å²) in [6.07, 6.45) is 10.1. The van der Waals surface area contributed by atoms with Crippen molar-refractivity contribution in [2.75, 3.05) is 26.2 Å². The molecule has 1 aliphatic carbocycles. The van der Waals surface area contributed by atoms with Gasteiger partial charge in [0.2, 0.25) is 0 Å². The average Bonchev–Trinajstić information content (AvgIpc) is 2.97. The first-order valence-corrected chi connectivity index (χ1v) is 7.77. The zero-order valence-corrected chi connectivity index (χ0v) is 11.4. The largest absolute Gasteiger partial charge is 0.313 e. The SMILES string of the molecule is CCC1(CNC2CCN3CCC2C3)CCCC1. The molecule has 2 heterocycles. The molecule has 1 N–H and O–H groups in total. The fourth-order valence-corrected chi connectivity index (χ4v) is 4.35. The number of fused-ring (bicyclic) bond motifs is 2. The van der Waals surface area contributed by atoms with Crippen LogP contribution in [-0.2, 0) is 0 Å². The minimum Gasteiger partial charge on any atom is -0.313 e. The lowest BCUT2D eigenvalue weighted by atomic mass is 9.82. The molecule has 0 radical (unpaired) electrons. The van der Waals surface area contributed by atoms with Crippen molar-refractivity contribution in [1.29, 1.82) is 0 Å². The van der Waals surface area contributed by atoms with E-state index in [1.807, 2.05) is 0 Å². The topological polar surface area (TPSA) is 15.3 Å². The Balaban J connectivity index is 1.53. The van der Waals surface area contributed by atoms with Crippen LogP contribution < -0.4 is 5.32 Å². The molecule has 0 aromatic heterocycles. The highest BCUT2D eigenvalue weighted by Crippen LogP contribution is 2.40. The third kappa shape index (κ3) is 2.39. The standard InChI is InChI=1S/C15H28N2/c1-2-15(7-3-4-8-15)12-16-14-6-10-17-9-5-13(14)11-17/h13-14,16H,2-12H2,1H3. The smallest absolute Gasteiger partial charge is 0.0120 e. The quantitative estimate of drug-likeness (QED) is 0.807. The fraction of sp³-hybridized carbons (Fsp3) is 1.00. The van der Waals surface area contributed by atoms with Crippen LogP contribution in [0.3, 0.4) is 0 Å². The molecule has 0 aromatic carbocycles. The number of nitrogens with zero attached hydrogens (tertiary/aromatic N) is 1. The van der Waals surface area contributed by atoms with Gasteiger partial charge >= 0.3 is 0 Å². The van der Waals surface area contributed by atoms with E-state index >= 15 is 0 Å². The van der Waals surface area contributed by atoms with Crippen LogP contribution in [0.25, 0.3) is 0 Å². The van der Waals surface area contributed by atoms with Crippen molar-refractivity contribution in [3.63, 3.8) is 0 Å². The first-order chi connectivity index (χ1) is 8.31. The number of hydrogen-bond donors (Lipinski definition) is 1. The molecule has 3 rings (SSSR count). The van der Waals surface area contributed by atoms with Gasteiger partial charge in [-0.15, -0.1) is 0 Å². The van der Waals surface area contributed by atoms with Crippen LogP contribution in [-0.4, -0.2) is 37.1 Å². The second-order valence-corrected chi connectivity index (χ2v) is 6.69. The van der Waals surface area contributed by atoms with Crippen molar-refractivity contribution in [1.82, 2.24) is 10.2 Å². The minimum atomic E-state index is 0.662. The molecule has 0 aromatic rings. The molecule has 3 unspecified atom stereocenters. The summed E-state index contributed by atoms with van der Waals surface area (Å²) in [6.45, 7) is 7.77. The van der Waals surface area contributed by atoms with Crippen molar-refractivity contribution in [2.45, 2.75) is 57.9 Å². The molecular formula is C15H28N2. The molecule has 2 nitrogen and oxygen atoms in total. The van der Waals surface area contributed by atoms with Crippen molar-refractivity contribution < 1.29 is 0 Å². The summed E-state index contributed by atoms with van der Waals surface area (Å²) in [5, 5.41) is 3.96. The van der Waals surface area contributed by atoms with Crippen LogP contribution in [0.2, 0.25) is 0 Å². The lowest BCUT2D eigenvalue weighted by Crippen LogP contribution is -2.47. The number of piperidine rings is 1. The summed E-state index contributed by atoms with van der Waals surface area (Å²) in [5.74, 6) is 0.957. The van der Waals surface area contributed by atoms with E-state index in [4.69, 9.17) is 0 Å². The average molecular weight is 236 g/mol. The zero-order chi connectivity index (χ0) is 11.7. The lowest BCUT2D eigenvalue weighted by molar-refractivity contribution is 0.189. The van der Waals surface area contributed by atoms with E-state index in [9.17, 15) is 0 Å². The Labute approximate surface area is 106 Å². The van der Waals surface area contributed by atoms with Crippen LogP contribution in [0.4, 0.5) is 0 Å². The fourth-order valence-electron chi connectivity index (χ4n) is 4.35. The molecule has 0 amide bonds. The van der Waals surface area contributed by atoms with Crippen molar-refractivity contribution >= 4 is 0 Å². The van der Waals surface area contributed by atoms with E-state index in [1.54, 1.807) is 0 Å². The maximum absolute atomic E-state index is 3.96. The molecule has 2 bridgehead atoms. The van der Waals surface area contributed by atoms with Crippen molar-refractivity contribution in [2.24, 2.45) is 11.3 Å². The van der Waals surface area contributed by atoms with Gasteiger partial charge in [-0.3, -0.25) is 0 Å². The van der Waals surface area contributed by atoms with Gasteiger partial charge in [0.1, 0.15) is 0 Å². The summed E-state index contributed by atoms with van der Waals surface area (Å²) < 4.78 is 0. The molecule has 3 fully saturated rings. The number of hydrogen-bond acceptors (Lipinski definition) is 2. The highest BCUT2D eigenvalue weighted by Gasteiger charge is 2.37. The van der Waals surface area contributed by atoms with E-state index in [2.05, 4.69) is 17.1 Å². The minimum absolute atomic E-state index is 0.662. The molecule has 17 heavy (non-hydrogen) atoms. The van der Waals surface area contributed by atoms with E-state index < -0.39 is 0 Å². The van der Waals surface area contributed by atoms with Crippen LogP contribution in [0.5, 0.6) is 0 Å². The van der Waals surface area contributed by atoms with E-state index in [0.29, 0.717) is 5.41 Å². The maximum Gasteiger partial charge on any atom is 0.0120 e. The van der Waals surface area contributed by atoms with Gasteiger partial charge in [-0.1, -0.05) is 19.8 Å². The second kappa shape index (κ2) is 4.89. The van der Waals surface area contributed by atoms with Gasteiger partial charge in [0, 0.05) is 19.1 Å². The Morgan fingerprint density at radius 2 is 1.94 bits per heavy atom. The van der Waals surface area contributed by atoms with Gasteiger partial charge in [0.15, 0.2) is 0 Å². The van der Waals surface area contributed by atoms with Gasteiger partial charge in [-0.05, 0) is 56.5 Å². The summed E-state index contributed by atoms with van der Waals surface area (Å²) >= 11 is 0. The highest BCUT2D eigenvalue weighted by atomic mass is 15.2. The van der Waals surface area contributed by atoms with Gasteiger partial charge in [0.05, 0.1) is 0 Å². The first kappa shape index (κ1) is 12.0. The Morgan fingerprint density at radius 3 is 2.71 bits per heavy atom. The zero-order valence-electron chi connectivity index (χ0n) is 11.4. The van der Waals surface area contributed by atoms with Gasteiger partial charge in [-0.2, -0.15) is 0 Å². The second-order valence-electron chi connectivity index (χ2n) is 6.69. The third-order valence-corrected chi connectivity index (χ3v) is 5.79. The number of rotatable bonds is 4. The van der Waals surface area contributed by atoms with Crippen LogP contribution in [0.15, 0.2) is 0 Å². The Bertz CT molecular complexity index is 258. The van der Waals surface area contributed by atoms with E-state index in [-0.39, 0.29) is 0 Å². The van der Waals surface area contributed by atoms with Gasteiger partial charge in [0.25, 0.3) is 0 Å². The van der Waals surface area contributed by atoms with Gasteiger partial charge < -0.3 is 10.2 Å². The molecule has 3 aliphatic rings. The van der Waals surface area contributed by atoms with Crippen LogP contribution in [0.1, 0.15) is 51.9 Å². The number of nitrogens with one attached hydrogen (secondary N) is 1. The maximum atomic E-state index is 3.96. The molecule has 2 saturated heterocycles. The van der Waals surface area contributed by atoms with Gasteiger partial charge in [-0.25, -0.2) is 0 Å². The normalized spacial score (nSPS) is 39.7. The summed E-state index contributed by atoms with van der Waals surface area (Å²) in [6, 6.07) is 0.831. The Kier molecular flexibility index (Phi) is 3.45. The van der Waals surface area contributed by atoms with Crippen molar-refractivity contribution in [3.05, 3.63) is 0 Å². The molecule has 0 spiro atoms. The predicted octanol–water partition coefficient (Wildman–Crippen LogP) is 2.64. The van der Waals surface area contributed by atoms with Crippen LogP contribution >= 0.6 is 0 Å². The summed E-state index contributed by atoms with van der Waals surface area (Å²) in [7, 11) is 0. The molecule has 1 saturated carbocycles. The monoisotopic (exact) mass is 236 g/mol.